The Kier molecular flexibility index (Phi) is 6.74. The van der Waals surface area contributed by atoms with E-state index in [1.54, 1.807) is 7.11 Å². The summed E-state index contributed by atoms with van der Waals surface area (Å²) >= 11 is 1.39. The van der Waals surface area contributed by atoms with Crippen LogP contribution in [0.25, 0.3) is 27.2 Å². The second-order valence-corrected chi connectivity index (χ2v) is 8.89. The molecule has 33 heavy (non-hydrogen) atoms. The average molecular weight is 463 g/mol. The standard InChI is InChI=1S/C25H26N4O3S/c1-16(2)23(30)26-13-14-27-24(31)21-15-20-22(17-7-5-4-6-8-17)28-29(25(20)33-21)18-9-11-19(32-3)12-10-18/h4-12,15-16H,13-14H2,1-3H3,(H,26,30)(H,27,31). The predicted molar refractivity (Wildman–Crippen MR) is 131 cm³/mol. The highest BCUT2D eigenvalue weighted by molar-refractivity contribution is 7.20. The van der Waals surface area contributed by atoms with Gasteiger partial charge in [0.15, 0.2) is 0 Å². The van der Waals surface area contributed by atoms with Crippen LogP contribution in [0.2, 0.25) is 0 Å². The van der Waals surface area contributed by atoms with Gasteiger partial charge in [0.1, 0.15) is 16.3 Å². The lowest BCUT2D eigenvalue weighted by atomic mass is 10.1. The molecule has 0 aliphatic carbocycles. The summed E-state index contributed by atoms with van der Waals surface area (Å²) in [6.07, 6.45) is 0. The summed E-state index contributed by atoms with van der Waals surface area (Å²) < 4.78 is 7.13. The van der Waals surface area contributed by atoms with Gasteiger partial charge in [0.05, 0.1) is 17.7 Å². The Bertz CT molecular complexity index is 1260. The lowest BCUT2D eigenvalue weighted by molar-refractivity contribution is -0.123. The molecule has 0 saturated carbocycles. The van der Waals surface area contributed by atoms with Gasteiger partial charge in [0, 0.05) is 30.0 Å². The van der Waals surface area contributed by atoms with E-state index in [0.717, 1.165) is 32.9 Å². The third-order valence-electron chi connectivity index (χ3n) is 5.18. The number of carbonyl (C=O) groups excluding carboxylic acids is 2. The SMILES string of the molecule is COc1ccc(-n2nc(-c3ccccc3)c3cc(C(=O)NCCNC(=O)C(C)C)sc32)cc1. The van der Waals surface area contributed by atoms with E-state index in [1.807, 2.05) is 79.2 Å². The highest BCUT2D eigenvalue weighted by Crippen LogP contribution is 2.35. The largest absolute Gasteiger partial charge is 0.497 e. The number of aromatic nitrogens is 2. The minimum absolute atomic E-state index is 0.0294. The van der Waals surface area contributed by atoms with Crippen molar-refractivity contribution in [2.45, 2.75) is 13.8 Å². The first-order chi connectivity index (χ1) is 16.0. The van der Waals surface area contributed by atoms with Crippen molar-refractivity contribution in [2.75, 3.05) is 20.2 Å². The highest BCUT2D eigenvalue weighted by atomic mass is 32.1. The van der Waals surface area contributed by atoms with Crippen LogP contribution in [-0.2, 0) is 4.79 Å². The molecule has 0 radical (unpaired) electrons. The average Bonchev–Trinajstić information content (AvgIpc) is 3.42. The van der Waals surface area contributed by atoms with Crippen LogP contribution >= 0.6 is 11.3 Å². The molecule has 4 aromatic rings. The fourth-order valence-electron chi connectivity index (χ4n) is 3.38. The second-order valence-electron chi connectivity index (χ2n) is 7.86. The van der Waals surface area contributed by atoms with Gasteiger partial charge >= 0.3 is 0 Å². The van der Waals surface area contributed by atoms with Crippen LogP contribution in [0.15, 0.2) is 60.7 Å². The van der Waals surface area contributed by atoms with Crippen molar-refractivity contribution in [3.63, 3.8) is 0 Å². The summed E-state index contributed by atoms with van der Waals surface area (Å²) in [4.78, 5) is 26.0. The molecule has 2 amide bonds. The second kappa shape index (κ2) is 9.87. The van der Waals surface area contributed by atoms with Crippen LogP contribution in [0.4, 0.5) is 0 Å². The Hall–Kier alpha value is -3.65. The van der Waals surface area contributed by atoms with E-state index < -0.39 is 0 Å². The number of nitrogens with zero attached hydrogens (tertiary/aromatic N) is 2. The third-order valence-corrected chi connectivity index (χ3v) is 6.29. The lowest BCUT2D eigenvalue weighted by Gasteiger charge is -2.08. The van der Waals surface area contributed by atoms with Crippen LogP contribution in [0.5, 0.6) is 5.75 Å². The molecular weight excluding hydrogens is 436 g/mol. The minimum Gasteiger partial charge on any atom is -0.497 e. The van der Waals surface area contributed by atoms with Crippen molar-refractivity contribution in [3.8, 4) is 22.7 Å². The predicted octanol–water partition coefficient (Wildman–Crippen LogP) is 4.26. The van der Waals surface area contributed by atoms with Crippen LogP contribution in [-0.4, -0.2) is 41.8 Å². The van der Waals surface area contributed by atoms with Gasteiger partial charge in [0.25, 0.3) is 5.91 Å². The molecule has 0 atom stereocenters. The summed E-state index contributed by atoms with van der Waals surface area (Å²) in [6.45, 7) is 4.42. The van der Waals surface area contributed by atoms with Gasteiger partial charge in [-0.15, -0.1) is 11.3 Å². The number of amides is 2. The van der Waals surface area contributed by atoms with Crippen LogP contribution in [0.1, 0.15) is 23.5 Å². The van der Waals surface area contributed by atoms with Crippen molar-refractivity contribution in [2.24, 2.45) is 5.92 Å². The number of nitrogens with one attached hydrogen (secondary N) is 2. The zero-order chi connectivity index (χ0) is 23.4. The summed E-state index contributed by atoms with van der Waals surface area (Å²) in [6, 6.07) is 19.5. The van der Waals surface area contributed by atoms with Crippen molar-refractivity contribution >= 4 is 33.4 Å². The monoisotopic (exact) mass is 462 g/mol. The summed E-state index contributed by atoms with van der Waals surface area (Å²) in [5.74, 6) is 0.482. The normalized spacial score (nSPS) is 11.0. The van der Waals surface area contributed by atoms with E-state index in [-0.39, 0.29) is 17.7 Å². The Balaban J connectivity index is 1.63. The first kappa shape index (κ1) is 22.5. The zero-order valence-corrected chi connectivity index (χ0v) is 19.6. The van der Waals surface area contributed by atoms with Gasteiger partial charge in [-0.25, -0.2) is 4.68 Å². The number of rotatable bonds is 8. The first-order valence-electron chi connectivity index (χ1n) is 10.8. The van der Waals surface area contributed by atoms with Gasteiger partial charge in [-0.05, 0) is 30.3 Å². The fourth-order valence-corrected chi connectivity index (χ4v) is 4.43. The van der Waals surface area contributed by atoms with Crippen molar-refractivity contribution in [1.29, 1.82) is 0 Å². The van der Waals surface area contributed by atoms with Gasteiger partial charge in [-0.2, -0.15) is 5.10 Å². The van der Waals surface area contributed by atoms with E-state index in [9.17, 15) is 9.59 Å². The van der Waals surface area contributed by atoms with E-state index in [0.29, 0.717) is 18.0 Å². The summed E-state index contributed by atoms with van der Waals surface area (Å²) in [7, 11) is 1.63. The van der Waals surface area contributed by atoms with Crippen molar-refractivity contribution in [1.82, 2.24) is 20.4 Å². The van der Waals surface area contributed by atoms with Gasteiger partial charge in [-0.1, -0.05) is 44.2 Å². The minimum atomic E-state index is -0.171. The zero-order valence-electron chi connectivity index (χ0n) is 18.8. The number of hydrogen-bond donors (Lipinski definition) is 2. The van der Waals surface area contributed by atoms with E-state index in [1.165, 1.54) is 11.3 Å². The fraction of sp³-hybridized carbons (Fsp3) is 0.240. The summed E-state index contributed by atoms with van der Waals surface area (Å²) in [5, 5.41) is 11.5. The molecule has 7 nitrogen and oxygen atoms in total. The molecule has 0 unspecified atom stereocenters. The molecule has 0 saturated heterocycles. The lowest BCUT2D eigenvalue weighted by Crippen LogP contribution is -2.36. The maximum absolute atomic E-state index is 12.8. The quantitative estimate of drug-likeness (QED) is 0.383. The molecule has 2 N–H and O–H groups in total. The number of fused-ring (bicyclic) bond motifs is 1. The smallest absolute Gasteiger partial charge is 0.261 e. The van der Waals surface area contributed by atoms with Crippen LogP contribution < -0.4 is 15.4 Å². The van der Waals surface area contributed by atoms with Crippen molar-refractivity contribution < 1.29 is 14.3 Å². The number of carbonyl (C=O) groups is 2. The highest BCUT2D eigenvalue weighted by Gasteiger charge is 2.20. The molecule has 8 heteroatoms. The number of methoxy groups -OCH3 is 1. The molecule has 0 aliphatic heterocycles. The maximum Gasteiger partial charge on any atom is 0.261 e. The molecule has 0 fully saturated rings. The molecule has 2 aromatic heterocycles. The molecule has 2 aromatic carbocycles. The molecular formula is C25H26N4O3S. The molecule has 2 heterocycles. The van der Waals surface area contributed by atoms with Gasteiger partial charge < -0.3 is 15.4 Å². The van der Waals surface area contributed by atoms with E-state index in [2.05, 4.69) is 10.6 Å². The van der Waals surface area contributed by atoms with Crippen molar-refractivity contribution in [3.05, 3.63) is 65.5 Å². The Morgan fingerprint density at radius 2 is 1.73 bits per heavy atom. The summed E-state index contributed by atoms with van der Waals surface area (Å²) in [5.41, 5.74) is 2.69. The Morgan fingerprint density at radius 3 is 2.39 bits per heavy atom. The molecule has 0 aliphatic rings. The maximum atomic E-state index is 12.8. The number of thiophene rings is 1. The van der Waals surface area contributed by atoms with E-state index >= 15 is 0 Å². The number of hydrogen-bond acceptors (Lipinski definition) is 5. The molecule has 4 rings (SSSR count). The number of ether oxygens (including phenoxy) is 1. The third kappa shape index (κ3) is 4.90. The Labute approximate surface area is 196 Å². The first-order valence-corrected chi connectivity index (χ1v) is 11.6. The van der Waals surface area contributed by atoms with Crippen LogP contribution in [0, 0.1) is 5.92 Å². The number of benzene rings is 2. The molecule has 0 spiro atoms. The Morgan fingerprint density at radius 1 is 1.03 bits per heavy atom. The van der Waals surface area contributed by atoms with E-state index in [4.69, 9.17) is 9.84 Å². The van der Waals surface area contributed by atoms with Gasteiger partial charge in [0.2, 0.25) is 5.91 Å². The topological polar surface area (TPSA) is 85.2 Å². The molecule has 0 bridgehead atoms. The van der Waals surface area contributed by atoms with Gasteiger partial charge in [-0.3, -0.25) is 9.59 Å². The van der Waals surface area contributed by atoms with Crippen LogP contribution in [0.3, 0.4) is 0 Å². The molecule has 170 valence electrons.